The Morgan fingerprint density at radius 3 is 0.759 bits per heavy atom. The van der Waals surface area contributed by atoms with Crippen molar-refractivity contribution in [3.05, 3.63) is 218 Å². The third-order valence-electron chi connectivity index (χ3n) is 10.9. The third kappa shape index (κ3) is 5.48. The molecule has 54 heavy (non-hydrogen) atoms. The molecule has 0 aromatic heterocycles. The van der Waals surface area contributed by atoms with Crippen molar-refractivity contribution >= 4 is 32.3 Å². The zero-order valence-electron chi connectivity index (χ0n) is 29.8. The molecule has 0 radical (unpaired) electrons. The highest BCUT2D eigenvalue weighted by atomic mass is 14.2. The quantitative estimate of drug-likeness (QED) is 0.153. The summed E-state index contributed by atoms with van der Waals surface area (Å²) in [6, 6.07) is 79.6. The van der Waals surface area contributed by atoms with Crippen molar-refractivity contribution in [2.45, 2.75) is 0 Å². The molecule has 0 heteroatoms. The van der Waals surface area contributed by atoms with Crippen LogP contribution < -0.4 is 0 Å². The van der Waals surface area contributed by atoms with Crippen LogP contribution in [0.25, 0.3) is 99.1 Å². The predicted molar refractivity (Wildman–Crippen MR) is 232 cm³/mol. The van der Waals surface area contributed by atoms with Crippen LogP contribution in [0.15, 0.2) is 218 Å². The first-order valence-electron chi connectivity index (χ1n) is 18.7. The van der Waals surface area contributed by atoms with Gasteiger partial charge in [0, 0.05) is 0 Å². The van der Waals surface area contributed by atoms with Gasteiger partial charge in [-0.15, -0.1) is 0 Å². The maximum absolute atomic E-state index is 2.41. The van der Waals surface area contributed by atoms with E-state index >= 15 is 0 Å². The van der Waals surface area contributed by atoms with Gasteiger partial charge in [0.1, 0.15) is 0 Å². The van der Waals surface area contributed by atoms with Crippen molar-refractivity contribution in [1.82, 2.24) is 0 Å². The van der Waals surface area contributed by atoms with E-state index in [2.05, 4.69) is 218 Å². The van der Waals surface area contributed by atoms with E-state index in [1.54, 1.807) is 0 Å². The number of rotatable bonds is 6. The Hall–Kier alpha value is -7.02. The maximum Gasteiger partial charge on any atom is -0.00928 e. The second kappa shape index (κ2) is 13.5. The monoisotopic (exact) mass is 684 g/mol. The van der Waals surface area contributed by atoms with Gasteiger partial charge in [0.15, 0.2) is 0 Å². The summed E-state index contributed by atoms with van der Waals surface area (Å²) in [5, 5.41) is 7.61. The molecule has 0 aliphatic rings. The minimum absolute atomic E-state index is 1.22. The van der Waals surface area contributed by atoms with E-state index < -0.39 is 0 Å². The van der Waals surface area contributed by atoms with E-state index in [1.165, 1.54) is 99.1 Å². The number of hydrogen-bond acceptors (Lipinski definition) is 0. The first-order valence-corrected chi connectivity index (χ1v) is 18.7. The second-order valence-corrected chi connectivity index (χ2v) is 14.0. The average Bonchev–Trinajstić information content (AvgIpc) is 3.27. The average molecular weight is 685 g/mol. The normalized spacial score (nSPS) is 11.3. The van der Waals surface area contributed by atoms with E-state index in [9.17, 15) is 0 Å². The lowest BCUT2D eigenvalue weighted by Gasteiger charge is -2.17. The van der Waals surface area contributed by atoms with Crippen LogP contribution in [0.1, 0.15) is 0 Å². The molecule has 0 nitrogen and oxygen atoms in total. The topological polar surface area (TPSA) is 0 Å². The van der Waals surface area contributed by atoms with Crippen LogP contribution in [0.2, 0.25) is 0 Å². The van der Waals surface area contributed by atoms with Crippen LogP contribution >= 0.6 is 0 Å². The molecule has 0 spiro atoms. The van der Waals surface area contributed by atoms with Gasteiger partial charge in [-0.25, -0.2) is 0 Å². The summed E-state index contributed by atoms with van der Waals surface area (Å²) >= 11 is 0. The number of benzene rings is 10. The molecule has 0 unspecified atom stereocenters. The second-order valence-electron chi connectivity index (χ2n) is 14.0. The highest BCUT2D eigenvalue weighted by Crippen LogP contribution is 2.44. The fourth-order valence-corrected chi connectivity index (χ4v) is 8.41. The molecule has 10 rings (SSSR count). The fourth-order valence-electron chi connectivity index (χ4n) is 8.41. The van der Waals surface area contributed by atoms with Crippen LogP contribution in [0.5, 0.6) is 0 Å². The first kappa shape index (κ1) is 31.7. The van der Waals surface area contributed by atoms with Crippen molar-refractivity contribution in [3.8, 4) is 66.8 Å². The lowest BCUT2D eigenvalue weighted by atomic mass is 9.86. The molecule has 0 amide bonds. The molecule has 0 heterocycles. The lowest BCUT2D eigenvalue weighted by molar-refractivity contribution is 1.57. The van der Waals surface area contributed by atoms with Gasteiger partial charge < -0.3 is 0 Å². The first-order chi connectivity index (χ1) is 26.8. The molecule has 0 saturated heterocycles. The van der Waals surface area contributed by atoms with Crippen molar-refractivity contribution in [1.29, 1.82) is 0 Å². The molecular formula is C54H36. The van der Waals surface area contributed by atoms with Crippen LogP contribution in [0, 0.1) is 0 Å². The Morgan fingerprint density at radius 1 is 0.148 bits per heavy atom. The van der Waals surface area contributed by atoms with Crippen LogP contribution in [-0.4, -0.2) is 0 Å². The van der Waals surface area contributed by atoms with Gasteiger partial charge in [0.2, 0.25) is 0 Å². The zero-order chi connectivity index (χ0) is 35.8. The Balaban J connectivity index is 1.13. The molecule has 252 valence electrons. The molecule has 0 fully saturated rings. The SMILES string of the molecule is c1ccc(-c2ccccc2-c2ccccc2-c2ccc3c4ccc(-c5ccccc5-c5ccccc5-c5ccccc5)cc4c4ccccc4c3c2)cc1. The van der Waals surface area contributed by atoms with Gasteiger partial charge in [-0.05, 0) is 111 Å². The largest absolute Gasteiger partial charge is 0.0622 e. The molecule has 0 bridgehead atoms. The van der Waals surface area contributed by atoms with Gasteiger partial charge in [0.25, 0.3) is 0 Å². The van der Waals surface area contributed by atoms with Crippen molar-refractivity contribution < 1.29 is 0 Å². The standard InChI is InChI=1S/C54H36/c1-3-17-37(18-4-1)41-21-7-11-25-45(41)47-27-13-9-23-43(47)39-31-33-51-52-34-32-40(36-54(52)50-30-16-15-29-49(50)53(51)35-39)44-24-10-14-28-48(44)46-26-12-8-22-42(46)38-19-5-2-6-20-38/h1-36H. The van der Waals surface area contributed by atoms with Crippen LogP contribution in [0.4, 0.5) is 0 Å². The molecule has 10 aromatic rings. The summed E-state index contributed by atoms with van der Waals surface area (Å²) in [7, 11) is 0. The Morgan fingerprint density at radius 2 is 0.407 bits per heavy atom. The van der Waals surface area contributed by atoms with Gasteiger partial charge >= 0.3 is 0 Å². The summed E-state index contributed by atoms with van der Waals surface area (Å²) < 4.78 is 0. The highest BCUT2D eigenvalue weighted by Gasteiger charge is 2.17. The van der Waals surface area contributed by atoms with Crippen molar-refractivity contribution in [2.24, 2.45) is 0 Å². The number of hydrogen-bond donors (Lipinski definition) is 0. The summed E-state index contributed by atoms with van der Waals surface area (Å²) in [6.45, 7) is 0. The Labute approximate surface area is 316 Å². The summed E-state index contributed by atoms with van der Waals surface area (Å²) in [6.07, 6.45) is 0. The van der Waals surface area contributed by atoms with Gasteiger partial charge in [-0.3, -0.25) is 0 Å². The molecule has 0 saturated carbocycles. The summed E-state index contributed by atoms with van der Waals surface area (Å²) in [5.74, 6) is 0. The summed E-state index contributed by atoms with van der Waals surface area (Å²) in [4.78, 5) is 0. The van der Waals surface area contributed by atoms with Crippen molar-refractivity contribution in [2.75, 3.05) is 0 Å². The maximum atomic E-state index is 2.41. The summed E-state index contributed by atoms with van der Waals surface area (Å²) in [5.41, 5.74) is 14.8. The fraction of sp³-hybridized carbons (Fsp3) is 0. The molecular weight excluding hydrogens is 649 g/mol. The van der Waals surface area contributed by atoms with E-state index in [0.29, 0.717) is 0 Å². The third-order valence-corrected chi connectivity index (χ3v) is 10.9. The van der Waals surface area contributed by atoms with Crippen molar-refractivity contribution in [3.63, 3.8) is 0 Å². The van der Waals surface area contributed by atoms with Crippen LogP contribution in [0.3, 0.4) is 0 Å². The van der Waals surface area contributed by atoms with E-state index in [-0.39, 0.29) is 0 Å². The van der Waals surface area contributed by atoms with Gasteiger partial charge in [-0.2, -0.15) is 0 Å². The predicted octanol–water partition coefficient (Wildman–Crippen LogP) is 15.1. The molecule has 10 aromatic carbocycles. The van der Waals surface area contributed by atoms with E-state index in [4.69, 9.17) is 0 Å². The van der Waals surface area contributed by atoms with Gasteiger partial charge in [-0.1, -0.05) is 206 Å². The highest BCUT2D eigenvalue weighted by molar-refractivity contribution is 6.26. The van der Waals surface area contributed by atoms with Gasteiger partial charge in [0.05, 0.1) is 0 Å². The smallest absolute Gasteiger partial charge is 0.00928 e. The zero-order valence-corrected chi connectivity index (χ0v) is 29.8. The molecule has 0 aliphatic carbocycles. The molecule has 0 N–H and O–H groups in total. The van der Waals surface area contributed by atoms with E-state index in [1.807, 2.05) is 0 Å². The van der Waals surface area contributed by atoms with Crippen LogP contribution in [-0.2, 0) is 0 Å². The Kier molecular flexibility index (Phi) is 7.93. The minimum Gasteiger partial charge on any atom is -0.0622 e. The molecule has 0 aliphatic heterocycles. The number of fused-ring (bicyclic) bond motifs is 6. The molecule has 0 atom stereocenters. The minimum atomic E-state index is 1.22. The Bertz CT molecular complexity index is 2750. The lowest BCUT2D eigenvalue weighted by Crippen LogP contribution is -1.91. The van der Waals surface area contributed by atoms with E-state index in [0.717, 1.165) is 0 Å².